The molecule has 2 aromatic rings. The molecule has 2 aromatic carbocycles. The number of rotatable bonds is 7. The van der Waals surface area contributed by atoms with Crippen LogP contribution in [0.2, 0.25) is 0 Å². The van der Waals surface area contributed by atoms with Crippen molar-refractivity contribution in [1.29, 1.82) is 0 Å². The number of carbonyl (C=O) groups is 2. The highest BCUT2D eigenvalue weighted by molar-refractivity contribution is 5.89. The molecule has 8 heteroatoms. The normalized spacial score (nSPS) is 11.3. The molecule has 5 nitrogen and oxygen atoms in total. The summed E-state index contributed by atoms with van der Waals surface area (Å²) < 4.78 is 44.8. The fraction of sp³-hybridized carbons (Fsp3) is 0.200. The van der Waals surface area contributed by atoms with Crippen LogP contribution in [0.5, 0.6) is 5.75 Å². The summed E-state index contributed by atoms with van der Waals surface area (Å²) in [4.78, 5) is 23.4. The van der Waals surface area contributed by atoms with Crippen LogP contribution < -0.4 is 10.1 Å². The molecule has 148 valence electrons. The van der Waals surface area contributed by atoms with Gasteiger partial charge in [0.25, 0.3) is 5.91 Å². The molecule has 0 aliphatic heterocycles. The quantitative estimate of drug-likeness (QED) is 0.575. The molecule has 0 unspecified atom stereocenters. The predicted octanol–water partition coefficient (Wildman–Crippen LogP) is 3.77. The van der Waals surface area contributed by atoms with Gasteiger partial charge in [-0.05, 0) is 41.8 Å². The molecule has 0 aliphatic carbocycles. The molecule has 0 saturated heterocycles. The molecule has 0 atom stereocenters. The predicted molar refractivity (Wildman–Crippen MR) is 96.1 cm³/mol. The molecular weight excluding hydrogens is 375 g/mol. The smallest absolute Gasteiger partial charge is 0.452 e. The van der Waals surface area contributed by atoms with Crippen LogP contribution in [0.15, 0.2) is 54.6 Å². The Hall–Kier alpha value is -3.29. The van der Waals surface area contributed by atoms with E-state index in [1.165, 1.54) is 18.2 Å². The van der Waals surface area contributed by atoms with E-state index in [1.54, 1.807) is 0 Å². The Morgan fingerprint density at radius 1 is 1.07 bits per heavy atom. The summed E-state index contributed by atoms with van der Waals surface area (Å²) in [7, 11) is 0. The van der Waals surface area contributed by atoms with Crippen LogP contribution in [0.1, 0.15) is 16.7 Å². The zero-order valence-electron chi connectivity index (χ0n) is 15.0. The molecule has 0 fully saturated rings. The summed E-state index contributed by atoms with van der Waals surface area (Å²) in [5, 5.41) is 2.65. The van der Waals surface area contributed by atoms with Crippen LogP contribution in [-0.4, -0.2) is 24.8 Å². The second kappa shape index (κ2) is 9.59. The molecule has 0 aromatic heterocycles. The lowest BCUT2D eigenvalue weighted by molar-refractivity contribution is -0.274. The molecule has 0 radical (unpaired) electrons. The second-order valence-electron chi connectivity index (χ2n) is 5.76. The lowest BCUT2D eigenvalue weighted by Crippen LogP contribution is -2.28. The van der Waals surface area contributed by atoms with Gasteiger partial charge < -0.3 is 14.8 Å². The van der Waals surface area contributed by atoms with Crippen molar-refractivity contribution < 1.29 is 32.2 Å². The van der Waals surface area contributed by atoms with Gasteiger partial charge in [0.2, 0.25) is 0 Å². The maximum absolute atomic E-state index is 12.1. The van der Waals surface area contributed by atoms with E-state index < -0.39 is 24.8 Å². The molecule has 0 aliphatic rings. The molecule has 1 amide bonds. The van der Waals surface area contributed by atoms with Gasteiger partial charge in [-0.1, -0.05) is 36.4 Å². The first-order valence-electron chi connectivity index (χ1n) is 8.25. The Kier molecular flexibility index (Phi) is 7.20. The summed E-state index contributed by atoms with van der Waals surface area (Å²) >= 11 is 0. The third kappa shape index (κ3) is 7.53. The van der Waals surface area contributed by atoms with Crippen molar-refractivity contribution in [3.63, 3.8) is 0 Å². The van der Waals surface area contributed by atoms with Gasteiger partial charge in [-0.25, -0.2) is 4.79 Å². The van der Waals surface area contributed by atoms with Crippen LogP contribution in [0.3, 0.4) is 0 Å². The third-order valence-corrected chi connectivity index (χ3v) is 3.61. The molecule has 1 N–H and O–H groups in total. The first-order chi connectivity index (χ1) is 13.2. The highest BCUT2D eigenvalue weighted by atomic mass is 19.4. The van der Waals surface area contributed by atoms with Gasteiger partial charge in [-0.3, -0.25) is 4.79 Å². The monoisotopic (exact) mass is 393 g/mol. The molecule has 28 heavy (non-hydrogen) atoms. The van der Waals surface area contributed by atoms with E-state index in [-0.39, 0.29) is 5.75 Å². The number of benzene rings is 2. The summed E-state index contributed by atoms with van der Waals surface area (Å²) in [6.45, 7) is 1.81. The fourth-order valence-corrected chi connectivity index (χ4v) is 2.18. The van der Waals surface area contributed by atoms with Crippen molar-refractivity contribution in [2.75, 3.05) is 6.61 Å². The molecule has 2 rings (SSSR count). The Morgan fingerprint density at radius 3 is 2.39 bits per heavy atom. The average molecular weight is 393 g/mol. The highest BCUT2D eigenvalue weighted by Crippen LogP contribution is 2.22. The van der Waals surface area contributed by atoms with Crippen molar-refractivity contribution >= 4 is 18.0 Å². The van der Waals surface area contributed by atoms with E-state index in [1.807, 2.05) is 31.2 Å². The summed E-state index contributed by atoms with van der Waals surface area (Å²) in [6.07, 6.45) is -2.33. The largest absolute Gasteiger partial charge is 0.573 e. The van der Waals surface area contributed by atoms with Crippen molar-refractivity contribution in [2.45, 2.75) is 19.8 Å². The molecular formula is C20H18F3NO4. The van der Waals surface area contributed by atoms with Crippen molar-refractivity contribution in [2.24, 2.45) is 0 Å². The minimum absolute atomic E-state index is 0.325. The zero-order chi connectivity index (χ0) is 20.6. The van der Waals surface area contributed by atoms with Gasteiger partial charge in [0.15, 0.2) is 6.61 Å². The molecule has 0 bridgehead atoms. The van der Waals surface area contributed by atoms with Crippen molar-refractivity contribution in [3.05, 3.63) is 71.3 Å². The van der Waals surface area contributed by atoms with Crippen LogP contribution >= 0.6 is 0 Å². The second-order valence-corrected chi connectivity index (χ2v) is 5.76. The fourth-order valence-electron chi connectivity index (χ4n) is 2.18. The average Bonchev–Trinajstić information content (AvgIpc) is 2.64. The van der Waals surface area contributed by atoms with E-state index in [4.69, 9.17) is 4.74 Å². The summed E-state index contributed by atoms with van der Waals surface area (Å²) in [5.74, 6) is -1.56. The maximum Gasteiger partial charge on any atom is 0.573 e. The van der Waals surface area contributed by atoms with Crippen LogP contribution in [0, 0.1) is 6.92 Å². The number of carbonyl (C=O) groups excluding carboxylic acids is 2. The summed E-state index contributed by atoms with van der Waals surface area (Å²) in [6, 6.07) is 12.5. The molecule has 0 heterocycles. The zero-order valence-corrected chi connectivity index (χ0v) is 15.0. The number of alkyl halides is 3. The number of hydrogen-bond acceptors (Lipinski definition) is 4. The molecule has 0 spiro atoms. The van der Waals surface area contributed by atoms with E-state index in [9.17, 15) is 22.8 Å². The van der Waals surface area contributed by atoms with Gasteiger partial charge in [0.05, 0.1) is 0 Å². The van der Waals surface area contributed by atoms with E-state index >= 15 is 0 Å². The minimum Gasteiger partial charge on any atom is -0.452 e. The third-order valence-electron chi connectivity index (χ3n) is 3.61. The van der Waals surface area contributed by atoms with Crippen LogP contribution in [0.25, 0.3) is 6.08 Å². The summed E-state index contributed by atoms with van der Waals surface area (Å²) in [5.41, 5.74) is 2.46. The van der Waals surface area contributed by atoms with Crippen molar-refractivity contribution in [1.82, 2.24) is 5.32 Å². The number of amides is 1. The van der Waals surface area contributed by atoms with Crippen LogP contribution in [-0.2, 0) is 20.9 Å². The van der Waals surface area contributed by atoms with Crippen molar-refractivity contribution in [3.8, 4) is 5.75 Å². The Labute approximate surface area is 159 Å². The minimum atomic E-state index is -4.76. The highest BCUT2D eigenvalue weighted by Gasteiger charge is 2.30. The Morgan fingerprint density at radius 2 is 1.75 bits per heavy atom. The van der Waals surface area contributed by atoms with E-state index in [0.29, 0.717) is 12.1 Å². The van der Waals surface area contributed by atoms with Gasteiger partial charge in [-0.2, -0.15) is 0 Å². The number of hydrogen-bond donors (Lipinski definition) is 1. The first kappa shape index (κ1) is 21.0. The molecule has 0 saturated carbocycles. The maximum atomic E-state index is 12.1. The van der Waals surface area contributed by atoms with Gasteiger partial charge in [0.1, 0.15) is 5.75 Å². The van der Waals surface area contributed by atoms with E-state index in [2.05, 4.69) is 10.1 Å². The topological polar surface area (TPSA) is 64.6 Å². The standard InChI is InChI=1S/C20H18F3NO4/c1-14-4-2-3-5-16(14)12-24-18(25)13-27-19(26)11-8-15-6-9-17(10-7-15)28-20(21,22)23/h2-11H,12-13H2,1H3,(H,24,25)/b11-8+. The first-order valence-corrected chi connectivity index (χ1v) is 8.25. The van der Waals surface area contributed by atoms with Crippen LogP contribution in [0.4, 0.5) is 13.2 Å². The van der Waals surface area contributed by atoms with Gasteiger partial charge >= 0.3 is 12.3 Å². The number of ether oxygens (including phenoxy) is 2. The van der Waals surface area contributed by atoms with E-state index in [0.717, 1.165) is 29.3 Å². The number of esters is 1. The lowest BCUT2D eigenvalue weighted by Gasteiger charge is -2.08. The number of halogens is 3. The number of nitrogens with one attached hydrogen (secondary N) is 1. The van der Waals surface area contributed by atoms with Gasteiger partial charge in [-0.15, -0.1) is 13.2 Å². The Balaban J connectivity index is 1.75. The SMILES string of the molecule is Cc1ccccc1CNC(=O)COC(=O)/C=C/c1ccc(OC(F)(F)F)cc1. The number of aryl methyl sites for hydroxylation is 1. The lowest BCUT2D eigenvalue weighted by atomic mass is 10.1. The Bertz CT molecular complexity index is 845. The van der Waals surface area contributed by atoms with Gasteiger partial charge in [0, 0.05) is 12.6 Å².